The Labute approximate surface area is 181 Å². The Morgan fingerprint density at radius 1 is 1.03 bits per heavy atom. The summed E-state index contributed by atoms with van der Waals surface area (Å²) in [5.41, 5.74) is 1.77. The monoisotopic (exact) mass is 440 g/mol. The summed E-state index contributed by atoms with van der Waals surface area (Å²) in [6.45, 7) is 2.50. The maximum absolute atomic E-state index is 12.7. The van der Waals surface area contributed by atoms with Crippen molar-refractivity contribution in [3.8, 4) is 5.75 Å². The van der Waals surface area contributed by atoms with Crippen LogP contribution in [0.25, 0.3) is 17.0 Å². The summed E-state index contributed by atoms with van der Waals surface area (Å²) in [7, 11) is -1.92. The van der Waals surface area contributed by atoms with E-state index in [0.29, 0.717) is 44.1 Å². The van der Waals surface area contributed by atoms with Crippen LogP contribution in [0.15, 0.2) is 69.2 Å². The number of ether oxygens (including phenoxy) is 1. The van der Waals surface area contributed by atoms with Crippen LogP contribution in [0, 0.1) is 0 Å². The van der Waals surface area contributed by atoms with Crippen molar-refractivity contribution in [2.75, 3.05) is 33.3 Å². The van der Waals surface area contributed by atoms with E-state index < -0.39 is 15.6 Å². The molecule has 4 rings (SSSR count). The predicted molar refractivity (Wildman–Crippen MR) is 120 cm³/mol. The molecule has 0 unspecified atom stereocenters. The van der Waals surface area contributed by atoms with Gasteiger partial charge in [0.15, 0.2) is 0 Å². The van der Waals surface area contributed by atoms with Gasteiger partial charge in [0.2, 0.25) is 10.0 Å². The number of rotatable bonds is 6. The fraction of sp³-hybridized carbons (Fsp3) is 0.261. The molecule has 0 N–H and O–H groups in total. The zero-order valence-corrected chi connectivity index (χ0v) is 18.0. The minimum Gasteiger partial charge on any atom is -0.497 e. The van der Waals surface area contributed by atoms with Crippen molar-refractivity contribution in [1.82, 2.24) is 9.21 Å². The molecule has 8 heteroatoms. The van der Waals surface area contributed by atoms with E-state index in [2.05, 4.69) is 4.90 Å². The topological polar surface area (TPSA) is 80.1 Å². The van der Waals surface area contributed by atoms with Crippen LogP contribution >= 0.6 is 0 Å². The number of methoxy groups -OCH3 is 1. The van der Waals surface area contributed by atoms with Crippen molar-refractivity contribution < 1.29 is 17.6 Å². The molecular formula is C23H24N2O5S. The number of hydrogen-bond donors (Lipinski definition) is 0. The summed E-state index contributed by atoms with van der Waals surface area (Å²) in [6.07, 6.45) is 1.62. The third-order valence-corrected chi connectivity index (χ3v) is 6.92. The zero-order chi connectivity index (χ0) is 21.8. The number of sulfonamides is 1. The highest BCUT2D eigenvalue weighted by Crippen LogP contribution is 2.24. The molecule has 162 valence electrons. The highest BCUT2D eigenvalue weighted by atomic mass is 32.2. The smallest absolute Gasteiger partial charge is 0.336 e. The van der Waals surface area contributed by atoms with E-state index in [9.17, 15) is 13.2 Å². The lowest BCUT2D eigenvalue weighted by atomic mass is 10.1. The molecule has 0 atom stereocenters. The first-order valence-corrected chi connectivity index (χ1v) is 11.5. The summed E-state index contributed by atoms with van der Waals surface area (Å²) in [5.74, 6) is 0.621. The number of fused-ring (bicyclic) bond motifs is 1. The average Bonchev–Trinajstić information content (AvgIpc) is 2.78. The van der Waals surface area contributed by atoms with E-state index in [1.54, 1.807) is 19.3 Å². The summed E-state index contributed by atoms with van der Waals surface area (Å²) >= 11 is 0. The van der Waals surface area contributed by atoms with E-state index in [-0.39, 0.29) is 0 Å². The normalized spacial score (nSPS) is 16.2. The molecule has 0 aliphatic carbocycles. The summed E-state index contributed by atoms with van der Waals surface area (Å²) in [6, 6.07) is 16.3. The summed E-state index contributed by atoms with van der Waals surface area (Å²) in [4.78, 5) is 14.1. The maximum atomic E-state index is 12.7. The fourth-order valence-electron chi connectivity index (χ4n) is 3.67. The second kappa shape index (κ2) is 9.05. The molecule has 0 amide bonds. The van der Waals surface area contributed by atoms with Crippen molar-refractivity contribution in [3.63, 3.8) is 0 Å². The predicted octanol–water partition coefficient (Wildman–Crippen LogP) is 2.92. The van der Waals surface area contributed by atoms with Crippen LogP contribution in [0.2, 0.25) is 0 Å². The van der Waals surface area contributed by atoms with Crippen LogP contribution in [-0.2, 0) is 16.6 Å². The summed E-state index contributed by atoms with van der Waals surface area (Å²) < 4.78 is 37.3. The van der Waals surface area contributed by atoms with Crippen molar-refractivity contribution >= 4 is 27.1 Å². The second-order valence-corrected chi connectivity index (χ2v) is 9.20. The van der Waals surface area contributed by atoms with Crippen LogP contribution < -0.4 is 10.4 Å². The molecule has 2 aromatic carbocycles. The van der Waals surface area contributed by atoms with Crippen LogP contribution in [0.5, 0.6) is 5.75 Å². The van der Waals surface area contributed by atoms with Crippen molar-refractivity contribution in [2.45, 2.75) is 6.54 Å². The van der Waals surface area contributed by atoms with Crippen LogP contribution in [-0.4, -0.2) is 50.9 Å². The van der Waals surface area contributed by atoms with Gasteiger partial charge in [-0.2, -0.15) is 4.31 Å². The lowest BCUT2D eigenvalue weighted by Gasteiger charge is -2.33. The molecule has 0 bridgehead atoms. The Kier molecular flexibility index (Phi) is 6.22. The van der Waals surface area contributed by atoms with Crippen LogP contribution in [0.4, 0.5) is 0 Å². The van der Waals surface area contributed by atoms with Gasteiger partial charge in [0.05, 0.1) is 7.11 Å². The molecule has 1 fully saturated rings. The van der Waals surface area contributed by atoms with Gasteiger partial charge in [-0.25, -0.2) is 13.2 Å². The summed E-state index contributed by atoms with van der Waals surface area (Å²) in [5, 5.41) is 2.11. The Balaban J connectivity index is 1.44. The molecule has 0 spiro atoms. The van der Waals surface area contributed by atoms with Gasteiger partial charge < -0.3 is 9.15 Å². The first-order valence-electron chi connectivity index (χ1n) is 10.0. The highest BCUT2D eigenvalue weighted by Gasteiger charge is 2.25. The molecule has 31 heavy (non-hydrogen) atoms. The molecule has 1 aliphatic rings. The Morgan fingerprint density at radius 3 is 2.48 bits per heavy atom. The van der Waals surface area contributed by atoms with E-state index in [1.165, 1.54) is 15.8 Å². The Morgan fingerprint density at radius 2 is 1.77 bits per heavy atom. The minimum atomic E-state index is -3.48. The van der Waals surface area contributed by atoms with Crippen molar-refractivity contribution in [3.05, 3.63) is 81.6 Å². The third kappa shape index (κ3) is 5.04. The SMILES string of the molecule is COc1ccc2c(CN3CCN(S(=O)(=O)/C=C/c4ccccc4)CC3)cc(=O)oc2c1. The van der Waals surface area contributed by atoms with Gasteiger partial charge in [0.1, 0.15) is 11.3 Å². The molecule has 0 radical (unpaired) electrons. The van der Waals surface area contributed by atoms with E-state index in [1.807, 2.05) is 42.5 Å². The van der Waals surface area contributed by atoms with Gasteiger partial charge in [-0.15, -0.1) is 0 Å². The zero-order valence-electron chi connectivity index (χ0n) is 17.2. The first kappa shape index (κ1) is 21.3. The number of benzene rings is 2. The van der Waals surface area contributed by atoms with Gasteiger partial charge in [0.25, 0.3) is 0 Å². The lowest BCUT2D eigenvalue weighted by molar-refractivity contribution is 0.183. The van der Waals surface area contributed by atoms with E-state index in [0.717, 1.165) is 16.5 Å². The molecule has 3 aromatic rings. The molecule has 2 heterocycles. The molecular weight excluding hydrogens is 416 g/mol. The van der Waals surface area contributed by atoms with Gasteiger partial charge in [-0.05, 0) is 29.3 Å². The van der Waals surface area contributed by atoms with Gasteiger partial charge >= 0.3 is 5.63 Å². The standard InChI is InChI=1S/C23H24N2O5S/c1-29-20-7-8-21-19(15-23(26)30-22(21)16-20)17-24-10-12-25(13-11-24)31(27,28)14-9-18-5-3-2-4-6-18/h2-9,14-16H,10-13,17H2,1H3/b14-9+. The number of nitrogens with zero attached hydrogens (tertiary/aromatic N) is 2. The maximum Gasteiger partial charge on any atom is 0.336 e. The largest absolute Gasteiger partial charge is 0.497 e. The lowest BCUT2D eigenvalue weighted by Crippen LogP contribution is -2.47. The molecule has 0 saturated carbocycles. The van der Waals surface area contributed by atoms with E-state index >= 15 is 0 Å². The van der Waals surface area contributed by atoms with E-state index in [4.69, 9.17) is 9.15 Å². The quantitative estimate of drug-likeness (QED) is 0.549. The first-order chi connectivity index (χ1) is 14.9. The molecule has 7 nitrogen and oxygen atoms in total. The average molecular weight is 441 g/mol. The Bertz CT molecular complexity index is 1240. The molecule has 1 aliphatic heterocycles. The third-order valence-electron chi connectivity index (χ3n) is 5.35. The van der Waals surface area contributed by atoms with Crippen molar-refractivity contribution in [1.29, 1.82) is 0 Å². The molecule has 1 saturated heterocycles. The van der Waals surface area contributed by atoms with Gasteiger partial charge in [0, 0.05) is 55.7 Å². The fourth-order valence-corrected chi connectivity index (χ4v) is 4.84. The number of hydrogen-bond acceptors (Lipinski definition) is 6. The second-order valence-electron chi connectivity index (χ2n) is 7.39. The Hall–Kier alpha value is -2.94. The molecule has 1 aromatic heterocycles. The van der Waals surface area contributed by atoms with Gasteiger partial charge in [-0.1, -0.05) is 30.3 Å². The highest BCUT2D eigenvalue weighted by molar-refractivity contribution is 7.92. The van der Waals surface area contributed by atoms with Gasteiger partial charge in [-0.3, -0.25) is 4.90 Å². The van der Waals surface area contributed by atoms with Crippen LogP contribution in [0.3, 0.4) is 0 Å². The minimum absolute atomic E-state index is 0.397. The van der Waals surface area contributed by atoms with Crippen LogP contribution in [0.1, 0.15) is 11.1 Å². The number of piperazine rings is 1. The van der Waals surface area contributed by atoms with Crippen molar-refractivity contribution in [2.24, 2.45) is 0 Å².